The van der Waals surface area contributed by atoms with E-state index in [1.54, 1.807) is 7.11 Å². The van der Waals surface area contributed by atoms with Crippen molar-refractivity contribution in [2.75, 3.05) is 7.11 Å². The molecule has 0 amide bonds. The minimum absolute atomic E-state index is 0.189. The molecule has 0 aromatic heterocycles. The van der Waals surface area contributed by atoms with E-state index in [2.05, 4.69) is 6.92 Å². The molecule has 0 spiro atoms. The lowest BCUT2D eigenvalue weighted by molar-refractivity contribution is 0.406. The van der Waals surface area contributed by atoms with Crippen molar-refractivity contribution in [3.63, 3.8) is 0 Å². The van der Waals surface area contributed by atoms with E-state index >= 15 is 0 Å². The maximum atomic E-state index is 6.12. The van der Waals surface area contributed by atoms with Crippen LogP contribution in [-0.2, 0) is 6.42 Å². The van der Waals surface area contributed by atoms with Crippen LogP contribution in [0.25, 0.3) is 0 Å². The van der Waals surface area contributed by atoms with E-state index in [9.17, 15) is 0 Å². The minimum atomic E-state index is 0.189. The van der Waals surface area contributed by atoms with Crippen molar-refractivity contribution in [1.82, 2.24) is 0 Å². The molecule has 2 nitrogen and oxygen atoms in total. The van der Waals surface area contributed by atoms with Gasteiger partial charge in [-0.2, -0.15) is 0 Å². The first-order valence-corrected chi connectivity index (χ1v) is 6.63. The lowest BCUT2D eigenvalue weighted by Gasteiger charge is -2.14. The molecule has 0 aliphatic heterocycles. The Morgan fingerprint density at radius 3 is 2.76 bits per heavy atom. The Morgan fingerprint density at radius 2 is 2.12 bits per heavy atom. The summed E-state index contributed by atoms with van der Waals surface area (Å²) >= 11 is 5.99. The highest BCUT2D eigenvalue weighted by Gasteiger charge is 2.09. The summed E-state index contributed by atoms with van der Waals surface area (Å²) in [5.74, 6) is 0.875. The second-order valence-electron chi connectivity index (χ2n) is 4.42. The predicted molar refractivity (Wildman–Crippen MR) is 73.8 cm³/mol. The van der Waals surface area contributed by atoms with Gasteiger partial charge in [0.1, 0.15) is 5.75 Å². The molecule has 1 rings (SSSR count). The Balaban J connectivity index is 2.57. The molecule has 0 aliphatic carbocycles. The van der Waals surface area contributed by atoms with Crippen LogP contribution in [0.5, 0.6) is 5.75 Å². The number of ether oxygens (including phenoxy) is 1. The number of rotatable bonds is 7. The molecule has 0 saturated carbocycles. The Morgan fingerprint density at radius 1 is 1.35 bits per heavy atom. The fourth-order valence-corrected chi connectivity index (χ4v) is 2.14. The minimum Gasteiger partial charge on any atom is -0.496 e. The summed E-state index contributed by atoms with van der Waals surface area (Å²) in [5, 5.41) is 0.738. The van der Waals surface area contributed by atoms with Crippen LogP contribution in [0.15, 0.2) is 18.2 Å². The van der Waals surface area contributed by atoms with Crippen molar-refractivity contribution in [2.45, 2.75) is 45.1 Å². The van der Waals surface area contributed by atoms with Crippen molar-refractivity contribution in [2.24, 2.45) is 5.73 Å². The number of unbranched alkanes of at least 4 members (excludes halogenated alkanes) is 2. The third kappa shape index (κ3) is 4.97. The van der Waals surface area contributed by atoms with Gasteiger partial charge in [0.15, 0.2) is 0 Å². The molecule has 0 heterocycles. The Labute approximate surface area is 109 Å². The van der Waals surface area contributed by atoms with E-state index in [1.165, 1.54) is 19.3 Å². The number of nitrogens with two attached hydrogens (primary N) is 1. The summed E-state index contributed by atoms with van der Waals surface area (Å²) in [6.45, 7) is 2.20. The zero-order chi connectivity index (χ0) is 12.7. The van der Waals surface area contributed by atoms with Gasteiger partial charge in [-0.1, -0.05) is 37.8 Å². The molecule has 1 aromatic carbocycles. The van der Waals surface area contributed by atoms with Gasteiger partial charge in [0.25, 0.3) is 0 Å². The van der Waals surface area contributed by atoms with Gasteiger partial charge in [-0.25, -0.2) is 0 Å². The van der Waals surface area contributed by atoms with Crippen LogP contribution < -0.4 is 10.5 Å². The van der Waals surface area contributed by atoms with Crippen LogP contribution in [0.2, 0.25) is 5.02 Å². The fraction of sp³-hybridized carbons (Fsp3) is 0.571. The van der Waals surface area contributed by atoms with Gasteiger partial charge in [-0.15, -0.1) is 0 Å². The largest absolute Gasteiger partial charge is 0.496 e. The van der Waals surface area contributed by atoms with Crippen molar-refractivity contribution in [1.29, 1.82) is 0 Å². The van der Waals surface area contributed by atoms with E-state index in [0.29, 0.717) is 0 Å². The summed E-state index contributed by atoms with van der Waals surface area (Å²) in [4.78, 5) is 0. The molecule has 17 heavy (non-hydrogen) atoms. The number of hydrogen-bond acceptors (Lipinski definition) is 2. The topological polar surface area (TPSA) is 35.2 Å². The van der Waals surface area contributed by atoms with E-state index < -0.39 is 0 Å². The highest BCUT2D eigenvalue weighted by molar-refractivity contribution is 6.30. The second kappa shape index (κ2) is 7.57. The Kier molecular flexibility index (Phi) is 6.38. The monoisotopic (exact) mass is 255 g/mol. The molecule has 0 fully saturated rings. The van der Waals surface area contributed by atoms with Crippen molar-refractivity contribution in [3.05, 3.63) is 28.8 Å². The lowest BCUT2D eigenvalue weighted by Crippen LogP contribution is -2.22. The molecule has 0 radical (unpaired) electrons. The molecule has 1 aromatic rings. The molecule has 0 aliphatic rings. The average Bonchev–Trinajstić information content (AvgIpc) is 2.29. The molecule has 96 valence electrons. The van der Waals surface area contributed by atoms with Gasteiger partial charge in [0.2, 0.25) is 0 Å². The smallest absolute Gasteiger partial charge is 0.122 e. The number of hydrogen-bond donors (Lipinski definition) is 1. The van der Waals surface area contributed by atoms with Crippen LogP contribution in [0.4, 0.5) is 0 Å². The molecule has 3 heteroatoms. The predicted octanol–water partition coefficient (Wildman–Crippen LogP) is 3.80. The maximum absolute atomic E-state index is 6.12. The SMILES string of the molecule is CCCCCC(N)Cc1cc(Cl)ccc1OC. The maximum Gasteiger partial charge on any atom is 0.122 e. The highest BCUT2D eigenvalue weighted by atomic mass is 35.5. The van der Waals surface area contributed by atoms with Crippen LogP contribution in [-0.4, -0.2) is 13.2 Å². The van der Waals surface area contributed by atoms with Gasteiger partial charge in [0, 0.05) is 11.1 Å². The first kappa shape index (κ1) is 14.3. The lowest BCUT2D eigenvalue weighted by atomic mass is 10.0. The normalized spacial score (nSPS) is 12.5. The summed E-state index contributed by atoms with van der Waals surface area (Å²) in [5.41, 5.74) is 7.22. The van der Waals surface area contributed by atoms with Crippen molar-refractivity contribution < 1.29 is 4.74 Å². The van der Waals surface area contributed by atoms with Gasteiger partial charge in [-0.3, -0.25) is 0 Å². The van der Waals surface area contributed by atoms with Gasteiger partial charge in [-0.05, 0) is 36.6 Å². The number of benzene rings is 1. The first-order valence-electron chi connectivity index (χ1n) is 6.25. The summed E-state index contributed by atoms with van der Waals surface area (Å²) < 4.78 is 5.31. The van der Waals surface area contributed by atoms with E-state index in [1.807, 2.05) is 18.2 Å². The number of methoxy groups -OCH3 is 1. The van der Waals surface area contributed by atoms with E-state index in [-0.39, 0.29) is 6.04 Å². The summed E-state index contributed by atoms with van der Waals surface area (Å²) in [7, 11) is 1.68. The third-order valence-electron chi connectivity index (χ3n) is 2.90. The molecule has 0 bridgehead atoms. The van der Waals surface area contributed by atoms with Gasteiger partial charge in [0.05, 0.1) is 7.11 Å². The fourth-order valence-electron chi connectivity index (χ4n) is 1.95. The van der Waals surface area contributed by atoms with E-state index in [4.69, 9.17) is 22.1 Å². The van der Waals surface area contributed by atoms with Gasteiger partial charge >= 0.3 is 0 Å². The highest BCUT2D eigenvalue weighted by Crippen LogP contribution is 2.24. The summed E-state index contributed by atoms with van der Waals surface area (Å²) in [6, 6.07) is 5.87. The van der Waals surface area contributed by atoms with Gasteiger partial charge < -0.3 is 10.5 Å². The molecule has 0 saturated heterocycles. The second-order valence-corrected chi connectivity index (χ2v) is 4.85. The first-order chi connectivity index (χ1) is 8.17. The number of halogens is 1. The average molecular weight is 256 g/mol. The third-order valence-corrected chi connectivity index (χ3v) is 3.14. The van der Waals surface area contributed by atoms with Crippen LogP contribution in [0.3, 0.4) is 0 Å². The molecule has 1 atom stereocenters. The zero-order valence-corrected chi connectivity index (χ0v) is 11.5. The Hall–Kier alpha value is -0.730. The molecular formula is C14H22ClNO. The van der Waals surface area contributed by atoms with Crippen LogP contribution >= 0.6 is 11.6 Å². The molecule has 1 unspecified atom stereocenters. The summed E-state index contributed by atoms with van der Waals surface area (Å²) in [6.07, 6.45) is 5.56. The van der Waals surface area contributed by atoms with E-state index in [0.717, 1.165) is 29.2 Å². The Bertz CT molecular complexity index is 341. The standard InChI is InChI=1S/C14H22ClNO/c1-3-4-5-6-13(16)10-11-9-12(15)7-8-14(11)17-2/h7-9,13H,3-6,10,16H2,1-2H3. The van der Waals surface area contributed by atoms with Crippen molar-refractivity contribution in [3.8, 4) is 5.75 Å². The zero-order valence-electron chi connectivity index (χ0n) is 10.7. The molecular weight excluding hydrogens is 234 g/mol. The van der Waals surface area contributed by atoms with Crippen molar-refractivity contribution >= 4 is 11.6 Å². The van der Waals surface area contributed by atoms with Crippen LogP contribution in [0.1, 0.15) is 38.2 Å². The molecule has 2 N–H and O–H groups in total. The van der Waals surface area contributed by atoms with Crippen LogP contribution in [0, 0.1) is 0 Å². The quantitative estimate of drug-likeness (QED) is 0.753.